The first-order valence-electron chi connectivity index (χ1n) is 6.76. The van der Waals surface area contributed by atoms with Crippen molar-refractivity contribution in [1.29, 1.82) is 0 Å². The SMILES string of the molecule is OC(CC1CCCC2CC(F)CCC21)C(F)(F)F. The van der Waals surface area contributed by atoms with Crippen molar-refractivity contribution < 1.29 is 22.7 Å². The summed E-state index contributed by atoms with van der Waals surface area (Å²) in [6, 6.07) is 0. The molecule has 106 valence electrons. The second-order valence-corrected chi connectivity index (χ2v) is 5.82. The van der Waals surface area contributed by atoms with E-state index >= 15 is 0 Å². The van der Waals surface area contributed by atoms with E-state index in [4.69, 9.17) is 0 Å². The van der Waals surface area contributed by atoms with Crippen LogP contribution in [0.1, 0.15) is 44.9 Å². The van der Waals surface area contributed by atoms with Crippen molar-refractivity contribution in [3.8, 4) is 0 Å². The normalized spacial score (nSPS) is 39.2. The van der Waals surface area contributed by atoms with Gasteiger partial charge >= 0.3 is 6.18 Å². The summed E-state index contributed by atoms with van der Waals surface area (Å²) in [6.45, 7) is 0. The molecule has 0 bridgehead atoms. The number of hydrogen-bond acceptors (Lipinski definition) is 1. The zero-order valence-electron chi connectivity index (χ0n) is 10.3. The van der Waals surface area contributed by atoms with Crippen molar-refractivity contribution in [2.45, 2.75) is 63.4 Å². The molecular formula is C13H20F4O. The second kappa shape index (κ2) is 5.35. The van der Waals surface area contributed by atoms with Gasteiger partial charge in [0.25, 0.3) is 0 Å². The van der Waals surface area contributed by atoms with Gasteiger partial charge in [0.15, 0.2) is 0 Å². The van der Waals surface area contributed by atoms with Crippen molar-refractivity contribution in [3.05, 3.63) is 0 Å². The highest BCUT2D eigenvalue weighted by molar-refractivity contribution is 4.89. The third kappa shape index (κ3) is 3.16. The highest BCUT2D eigenvalue weighted by atomic mass is 19.4. The lowest BCUT2D eigenvalue weighted by molar-refractivity contribution is -0.211. The average molecular weight is 268 g/mol. The predicted molar refractivity (Wildman–Crippen MR) is 59.7 cm³/mol. The Labute approximate surface area is 105 Å². The maximum absolute atomic E-state index is 13.3. The van der Waals surface area contributed by atoms with Gasteiger partial charge in [-0.25, -0.2) is 4.39 Å². The Morgan fingerprint density at radius 1 is 1.11 bits per heavy atom. The van der Waals surface area contributed by atoms with Crippen LogP contribution in [0.5, 0.6) is 0 Å². The van der Waals surface area contributed by atoms with Crippen molar-refractivity contribution in [2.24, 2.45) is 17.8 Å². The van der Waals surface area contributed by atoms with Gasteiger partial charge in [-0.05, 0) is 43.4 Å². The monoisotopic (exact) mass is 268 g/mol. The largest absolute Gasteiger partial charge is 0.414 e. The van der Waals surface area contributed by atoms with E-state index in [9.17, 15) is 22.7 Å². The molecule has 2 fully saturated rings. The van der Waals surface area contributed by atoms with Gasteiger partial charge in [0.1, 0.15) is 12.3 Å². The molecule has 5 unspecified atom stereocenters. The Morgan fingerprint density at radius 2 is 1.83 bits per heavy atom. The smallest absolute Gasteiger partial charge is 0.384 e. The third-order valence-electron chi connectivity index (χ3n) is 4.64. The summed E-state index contributed by atoms with van der Waals surface area (Å²) in [6.07, 6.45) is -3.53. The Bertz CT molecular complexity index is 279. The number of aliphatic hydroxyl groups is 1. The minimum Gasteiger partial charge on any atom is -0.384 e. The zero-order valence-corrected chi connectivity index (χ0v) is 10.3. The molecule has 5 atom stereocenters. The van der Waals surface area contributed by atoms with Gasteiger partial charge in [-0.3, -0.25) is 0 Å². The van der Waals surface area contributed by atoms with Crippen molar-refractivity contribution in [1.82, 2.24) is 0 Å². The minimum atomic E-state index is -4.52. The summed E-state index contributed by atoms with van der Waals surface area (Å²) in [7, 11) is 0. The molecule has 0 aliphatic heterocycles. The molecule has 1 nitrogen and oxygen atoms in total. The van der Waals surface area contributed by atoms with E-state index < -0.39 is 18.5 Å². The lowest BCUT2D eigenvalue weighted by Gasteiger charge is -2.43. The number of halogens is 4. The van der Waals surface area contributed by atoms with Crippen LogP contribution in [-0.4, -0.2) is 23.6 Å². The van der Waals surface area contributed by atoms with Gasteiger partial charge < -0.3 is 5.11 Å². The molecule has 0 saturated heterocycles. The molecule has 1 N–H and O–H groups in total. The molecule has 5 heteroatoms. The Morgan fingerprint density at radius 3 is 2.50 bits per heavy atom. The molecule has 0 spiro atoms. The molecule has 0 radical (unpaired) electrons. The van der Waals surface area contributed by atoms with Gasteiger partial charge in [-0.1, -0.05) is 19.3 Å². The highest BCUT2D eigenvalue weighted by Crippen LogP contribution is 2.46. The van der Waals surface area contributed by atoms with Crippen molar-refractivity contribution >= 4 is 0 Å². The Hall–Kier alpha value is -0.320. The highest BCUT2D eigenvalue weighted by Gasteiger charge is 2.44. The molecule has 0 heterocycles. The lowest BCUT2D eigenvalue weighted by atomic mass is 9.64. The van der Waals surface area contributed by atoms with E-state index in [-0.39, 0.29) is 24.2 Å². The van der Waals surface area contributed by atoms with Crippen molar-refractivity contribution in [3.63, 3.8) is 0 Å². The summed E-state index contributed by atoms with van der Waals surface area (Å²) in [4.78, 5) is 0. The third-order valence-corrected chi connectivity index (χ3v) is 4.64. The second-order valence-electron chi connectivity index (χ2n) is 5.82. The van der Waals surface area contributed by atoms with E-state index in [2.05, 4.69) is 0 Å². The van der Waals surface area contributed by atoms with Crippen LogP contribution < -0.4 is 0 Å². The van der Waals surface area contributed by atoms with Crippen LogP contribution in [0.2, 0.25) is 0 Å². The first-order chi connectivity index (χ1) is 8.38. The fourth-order valence-corrected chi connectivity index (χ4v) is 3.75. The number of rotatable bonds is 2. The van der Waals surface area contributed by atoms with E-state index in [0.717, 1.165) is 19.3 Å². The molecule has 18 heavy (non-hydrogen) atoms. The fraction of sp³-hybridized carbons (Fsp3) is 1.00. The summed E-state index contributed by atoms with van der Waals surface area (Å²) in [5.74, 6) is 0.323. The average Bonchev–Trinajstić information content (AvgIpc) is 2.27. The molecular weight excluding hydrogens is 248 g/mol. The first-order valence-corrected chi connectivity index (χ1v) is 6.76. The molecule has 2 saturated carbocycles. The molecule has 2 rings (SSSR count). The Balaban J connectivity index is 1.96. The summed E-state index contributed by atoms with van der Waals surface area (Å²) in [5, 5.41) is 9.18. The maximum Gasteiger partial charge on any atom is 0.414 e. The lowest BCUT2D eigenvalue weighted by Crippen LogP contribution is -2.39. The van der Waals surface area contributed by atoms with Gasteiger partial charge in [-0.15, -0.1) is 0 Å². The fourth-order valence-electron chi connectivity index (χ4n) is 3.75. The van der Waals surface area contributed by atoms with Gasteiger partial charge in [0.2, 0.25) is 0 Å². The van der Waals surface area contributed by atoms with E-state index in [1.165, 1.54) is 0 Å². The van der Waals surface area contributed by atoms with E-state index in [0.29, 0.717) is 19.3 Å². The van der Waals surface area contributed by atoms with Crippen LogP contribution in [0.4, 0.5) is 17.6 Å². The van der Waals surface area contributed by atoms with E-state index in [1.807, 2.05) is 0 Å². The molecule has 0 amide bonds. The van der Waals surface area contributed by atoms with Crippen LogP contribution in [0, 0.1) is 17.8 Å². The standard InChI is InChI=1S/C13H20F4O/c14-10-4-5-11-8(6-10)2-1-3-9(11)7-12(18)13(15,16)17/h8-12,18H,1-7H2. The summed E-state index contributed by atoms with van der Waals surface area (Å²) in [5.41, 5.74) is 0. The maximum atomic E-state index is 13.3. The first kappa shape index (κ1) is 14.1. The summed E-state index contributed by atoms with van der Waals surface area (Å²) >= 11 is 0. The number of fused-ring (bicyclic) bond motifs is 1. The van der Waals surface area contributed by atoms with Crippen LogP contribution >= 0.6 is 0 Å². The number of aliphatic hydroxyl groups excluding tert-OH is 1. The molecule has 2 aliphatic carbocycles. The minimum absolute atomic E-state index is 0.0899. The van der Waals surface area contributed by atoms with E-state index in [1.54, 1.807) is 0 Å². The molecule has 0 aromatic carbocycles. The van der Waals surface area contributed by atoms with Crippen molar-refractivity contribution in [2.75, 3.05) is 0 Å². The topological polar surface area (TPSA) is 20.2 Å². The van der Waals surface area contributed by atoms with Crippen LogP contribution in [-0.2, 0) is 0 Å². The predicted octanol–water partition coefficient (Wildman–Crippen LogP) is 3.85. The molecule has 0 aromatic rings. The van der Waals surface area contributed by atoms with Crippen LogP contribution in [0.15, 0.2) is 0 Å². The molecule has 2 aliphatic rings. The Kier molecular flexibility index (Phi) is 4.19. The summed E-state index contributed by atoms with van der Waals surface area (Å²) < 4.78 is 50.4. The van der Waals surface area contributed by atoms with Crippen LogP contribution in [0.25, 0.3) is 0 Å². The molecule has 0 aromatic heterocycles. The van der Waals surface area contributed by atoms with Crippen LogP contribution in [0.3, 0.4) is 0 Å². The van der Waals surface area contributed by atoms with Gasteiger partial charge in [-0.2, -0.15) is 13.2 Å². The zero-order chi connectivity index (χ0) is 13.3. The quantitative estimate of drug-likeness (QED) is 0.754. The van der Waals surface area contributed by atoms with Gasteiger partial charge in [0.05, 0.1) is 0 Å². The number of hydrogen-bond donors (Lipinski definition) is 1. The number of alkyl halides is 4. The van der Waals surface area contributed by atoms with Gasteiger partial charge in [0, 0.05) is 0 Å².